The highest BCUT2D eigenvalue weighted by molar-refractivity contribution is 7.84. The van der Waals surface area contributed by atoms with Crippen LogP contribution in [0.4, 0.5) is 17.2 Å². The molecule has 0 aliphatic carbocycles. The summed E-state index contributed by atoms with van der Waals surface area (Å²) >= 11 is 12.2. The van der Waals surface area contributed by atoms with Crippen molar-refractivity contribution in [1.29, 1.82) is 0 Å². The molecule has 65 heavy (non-hydrogen) atoms. The summed E-state index contributed by atoms with van der Waals surface area (Å²) in [6, 6.07) is 27.2. The first kappa shape index (κ1) is 44.0. The van der Waals surface area contributed by atoms with E-state index in [1.54, 1.807) is 65.3 Å². The van der Waals surface area contributed by atoms with Crippen LogP contribution in [0.15, 0.2) is 128 Å². The lowest BCUT2D eigenvalue weighted by Crippen LogP contribution is -2.22. The smallest absolute Gasteiger partial charge is 0.326 e. The van der Waals surface area contributed by atoms with Crippen LogP contribution in [0.1, 0.15) is 17.0 Å². The molecule has 0 amide bonds. The lowest BCUT2D eigenvalue weighted by Gasteiger charge is -2.08. The Bertz CT molecular complexity index is 3580. The number of likely N-dealkylation sites (N-methyl/N-ethyl adjacent to an activating group) is 1. The van der Waals surface area contributed by atoms with Gasteiger partial charge >= 0.3 is 11.4 Å². The van der Waals surface area contributed by atoms with Gasteiger partial charge in [0.2, 0.25) is 11.8 Å². The Morgan fingerprint density at radius 1 is 0.769 bits per heavy atom. The molecule has 6 heterocycles. The molecule has 22 heteroatoms. The second-order valence-electron chi connectivity index (χ2n) is 14.5. The summed E-state index contributed by atoms with van der Waals surface area (Å²) in [6.07, 6.45) is 6.23. The molecule has 330 valence electrons. The number of aromatic nitrogens is 10. The maximum Gasteiger partial charge on any atom is 0.326 e. The Labute approximate surface area is 379 Å². The van der Waals surface area contributed by atoms with Crippen LogP contribution in [0.5, 0.6) is 11.8 Å². The van der Waals surface area contributed by atoms with Gasteiger partial charge in [0, 0.05) is 44.8 Å². The molecule has 6 aromatic heterocycles. The van der Waals surface area contributed by atoms with E-state index in [0.717, 1.165) is 17.8 Å². The van der Waals surface area contributed by atoms with Crippen molar-refractivity contribution < 1.29 is 14.4 Å². The number of halogens is 2. The van der Waals surface area contributed by atoms with Gasteiger partial charge in [0.15, 0.2) is 22.3 Å². The Kier molecular flexibility index (Phi) is 13.1. The topological polar surface area (TPSA) is 255 Å². The second kappa shape index (κ2) is 19.4. The zero-order chi connectivity index (χ0) is 45.6. The van der Waals surface area contributed by atoms with Crippen molar-refractivity contribution >= 4 is 74.6 Å². The fraction of sp³-hybridized carbons (Fsp3) is 0.116. The summed E-state index contributed by atoms with van der Waals surface area (Å²) in [5.74, 6) is 0.271. The van der Waals surface area contributed by atoms with Gasteiger partial charge in [-0.05, 0) is 68.2 Å². The first-order valence-electron chi connectivity index (χ1n) is 19.6. The molecule has 0 radical (unpaired) electrons. The minimum atomic E-state index is -1.47. The zero-order valence-electron chi connectivity index (χ0n) is 34.4. The number of imidazole rings is 2. The lowest BCUT2D eigenvalue weighted by molar-refractivity contribution is 0.418. The number of aromatic amines is 4. The van der Waals surface area contributed by atoms with Crippen LogP contribution in [-0.2, 0) is 16.6 Å². The number of nitrogens with zero attached hydrogens (tertiary/aromatic N) is 9. The maximum absolute atomic E-state index is 13.4. The average Bonchev–Trinajstić information content (AvgIpc) is 4.03. The number of fused-ring (bicyclic) bond motifs is 2. The summed E-state index contributed by atoms with van der Waals surface area (Å²) in [5.41, 5.74) is 3.43. The number of benzene rings is 3. The van der Waals surface area contributed by atoms with Crippen LogP contribution in [0, 0.1) is 0 Å². The molecule has 3 aromatic carbocycles. The highest BCUT2D eigenvalue weighted by Gasteiger charge is 2.15. The normalized spacial score (nSPS) is 13.2. The molecule has 7 N–H and O–H groups in total. The van der Waals surface area contributed by atoms with Gasteiger partial charge in [0.05, 0.1) is 41.2 Å². The standard InChI is InChI=1S/C23H17ClN6O3S.C20H21ClN8O2/c24-16-7-4-8-17(10-16)26-19-11-20(34(33)13-14-5-2-1-3-6-14)30-21(28-19)15(12-25-30)9-18-22(31)29-23(32)27-18;1-28(2)7-6-22-17-10-16(24-14-5-3-4-13(21)9-14)26-18-12(11-23-29(17)18)8-15-19(30)27-20(31)25-15/h1-12,31H,13H2,(H2,27,29,32);3-5,8-11,24,30H,6-7H2,1-2H3,(H2,25,27,31). The molecular weight excluding hydrogens is 896 g/mol. The monoisotopic (exact) mass is 932 g/mol. The van der Waals surface area contributed by atoms with Crippen molar-refractivity contribution in [3.63, 3.8) is 0 Å². The maximum atomic E-state index is 13.4. The van der Waals surface area contributed by atoms with Crippen LogP contribution < -0.4 is 38.1 Å². The van der Waals surface area contributed by atoms with Gasteiger partial charge in [-0.15, -0.1) is 0 Å². The van der Waals surface area contributed by atoms with Gasteiger partial charge in [-0.25, -0.2) is 29.1 Å². The molecule has 1 atom stereocenters. The van der Waals surface area contributed by atoms with Crippen molar-refractivity contribution in [3.05, 3.63) is 173 Å². The third-order valence-corrected chi connectivity index (χ3v) is 11.2. The summed E-state index contributed by atoms with van der Waals surface area (Å²) in [5, 5.41) is 34.4. The molecule has 9 aromatic rings. The van der Waals surface area contributed by atoms with Crippen molar-refractivity contribution in [2.75, 3.05) is 32.5 Å². The van der Waals surface area contributed by atoms with Crippen LogP contribution in [0.2, 0.25) is 10.0 Å². The minimum Gasteiger partial charge on any atom is -0.493 e. The van der Waals surface area contributed by atoms with E-state index in [1.807, 2.05) is 61.5 Å². The van der Waals surface area contributed by atoms with Crippen LogP contribution >= 0.6 is 23.2 Å². The van der Waals surface area contributed by atoms with Crippen molar-refractivity contribution in [3.8, 4) is 11.8 Å². The molecule has 0 saturated heterocycles. The third kappa shape index (κ3) is 10.8. The van der Waals surface area contributed by atoms with Gasteiger partial charge in [0.1, 0.15) is 22.2 Å². The Morgan fingerprint density at radius 3 is 2.02 bits per heavy atom. The third-order valence-electron chi connectivity index (χ3n) is 9.35. The molecule has 0 saturated carbocycles. The van der Waals surface area contributed by atoms with E-state index in [0.29, 0.717) is 65.8 Å². The van der Waals surface area contributed by atoms with Gasteiger partial charge in [-0.2, -0.15) is 14.7 Å². The van der Waals surface area contributed by atoms with E-state index in [1.165, 1.54) is 16.8 Å². The van der Waals surface area contributed by atoms with Crippen molar-refractivity contribution in [2.45, 2.75) is 10.8 Å². The van der Waals surface area contributed by atoms with Crippen LogP contribution in [0.25, 0.3) is 23.4 Å². The molecule has 1 unspecified atom stereocenters. The molecular formula is C43H38Cl2N14O5S. The molecule has 0 aliphatic heterocycles. The van der Waals surface area contributed by atoms with E-state index in [2.05, 4.69) is 55.4 Å². The van der Waals surface area contributed by atoms with E-state index in [4.69, 9.17) is 23.2 Å². The van der Waals surface area contributed by atoms with Crippen LogP contribution in [0.3, 0.4) is 0 Å². The Morgan fingerprint density at radius 2 is 1.40 bits per heavy atom. The highest BCUT2D eigenvalue weighted by atomic mass is 35.5. The average molecular weight is 934 g/mol. The number of H-pyrrole nitrogens is 4. The summed E-state index contributed by atoms with van der Waals surface area (Å²) < 4.78 is 16.5. The van der Waals surface area contributed by atoms with Crippen LogP contribution in [-0.4, -0.2) is 95.6 Å². The Balaban J connectivity index is 0.000000178. The predicted molar refractivity (Wildman–Crippen MR) is 247 cm³/mol. The predicted octanol–water partition coefficient (Wildman–Crippen LogP) is 3.05. The largest absolute Gasteiger partial charge is 0.493 e. The Hall–Kier alpha value is -7.65. The second-order valence-corrected chi connectivity index (χ2v) is 16.8. The van der Waals surface area contributed by atoms with E-state index in [9.17, 15) is 24.0 Å². The van der Waals surface area contributed by atoms with Gasteiger partial charge in [-0.1, -0.05) is 65.7 Å². The molecule has 19 nitrogen and oxygen atoms in total. The number of nitrogens with one attached hydrogen (secondary N) is 5. The highest BCUT2D eigenvalue weighted by Crippen LogP contribution is 2.20. The lowest BCUT2D eigenvalue weighted by atomic mass is 10.2. The summed E-state index contributed by atoms with van der Waals surface area (Å²) in [6.45, 7) is 1.35. The first-order valence-corrected chi connectivity index (χ1v) is 21.7. The number of hydrogen-bond acceptors (Lipinski definition) is 13. The fourth-order valence-electron chi connectivity index (χ4n) is 6.36. The van der Waals surface area contributed by atoms with E-state index < -0.39 is 22.2 Å². The summed E-state index contributed by atoms with van der Waals surface area (Å²) in [4.78, 5) is 53.0. The number of aromatic hydroxyl groups is 2. The molecule has 0 fully saturated rings. The quantitative estimate of drug-likeness (QED) is 0.0929. The van der Waals surface area contributed by atoms with Gasteiger partial charge in [-0.3, -0.25) is 19.2 Å². The van der Waals surface area contributed by atoms with Gasteiger partial charge < -0.3 is 30.4 Å². The van der Waals surface area contributed by atoms with Gasteiger partial charge in [0.25, 0.3) is 0 Å². The van der Waals surface area contributed by atoms with Crippen molar-refractivity contribution in [2.24, 2.45) is 9.98 Å². The molecule has 9 rings (SSSR count). The molecule has 0 bridgehead atoms. The minimum absolute atomic E-state index is 0.172. The van der Waals surface area contributed by atoms with E-state index >= 15 is 0 Å². The zero-order valence-corrected chi connectivity index (χ0v) is 36.7. The summed E-state index contributed by atoms with van der Waals surface area (Å²) in [7, 11) is 2.49. The number of rotatable bonds is 11. The SMILES string of the molecule is CN(C)CCN=c1cc(Nc2cccc(Cl)c2)nc2c(=Cc3[nH]c(=O)[nH]c3O)cnn12.O=c1[nH]c(O)c(C=c2cnn3c(S(=O)Cc4ccccc4)cc(=Nc4cccc(Cl)c4)nc23)[nH]1. The molecule has 0 aliphatic rings. The van der Waals surface area contributed by atoms with Crippen molar-refractivity contribution in [1.82, 2.24) is 54.0 Å². The number of anilines is 2. The number of hydrogen-bond donors (Lipinski definition) is 7. The fourth-order valence-corrected chi connectivity index (χ4v) is 7.94. The first-order chi connectivity index (χ1) is 31.3. The van der Waals surface area contributed by atoms with E-state index in [-0.39, 0.29) is 28.9 Å². The molecule has 0 spiro atoms.